The van der Waals surface area contributed by atoms with Crippen molar-refractivity contribution in [2.45, 2.75) is 19.4 Å². The van der Waals surface area contributed by atoms with E-state index < -0.39 is 0 Å². The Morgan fingerprint density at radius 1 is 1.30 bits per heavy atom. The number of nitrogens with one attached hydrogen (secondary N) is 1. The molecule has 0 radical (unpaired) electrons. The molecule has 23 heavy (non-hydrogen) atoms. The zero-order valence-corrected chi connectivity index (χ0v) is 13.9. The summed E-state index contributed by atoms with van der Waals surface area (Å²) >= 11 is 1.52. The molecule has 2 aromatic rings. The Hall–Kier alpha value is -1.69. The maximum absolute atomic E-state index is 12.1. The van der Waals surface area contributed by atoms with Crippen molar-refractivity contribution in [2.75, 3.05) is 25.0 Å². The van der Waals surface area contributed by atoms with Gasteiger partial charge >= 0.3 is 0 Å². The molecule has 0 atom stereocenters. The van der Waals surface area contributed by atoms with E-state index in [-0.39, 0.29) is 5.91 Å². The third-order valence-corrected chi connectivity index (χ3v) is 5.02. The highest BCUT2D eigenvalue weighted by Crippen LogP contribution is 2.20. The summed E-state index contributed by atoms with van der Waals surface area (Å²) in [5, 5.41) is 15.9. The second-order valence-corrected chi connectivity index (χ2v) is 6.85. The van der Waals surface area contributed by atoms with Gasteiger partial charge in [-0.3, -0.25) is 9.69 Å². The fourth-order valence-electron chi connectivity index (χ4n) is 2.93. The number of carbonyl (C=O) groups is 1. The van der Waals surface area contributed by atoms with Crippen molar-refractivity contribution < 1.29 is 9.90 Å². The van der Waals surface area contributed by atoms with Gasteiger partial charge in [0.1, 0.15) is 0 Å². The SMILES string of the molecule is O=C(Nc1cccc(CN2CCC(CO)CC2)c1)c1ccsc1. The van der Waals surface area contributed by atoms with E-state index in [1.807, 2.05) is 35.0 Å². The minimum atomic E-state index is -0.0628. The molecule has 1 aliphatic heterocycles. The third kappa shape index (κ3) is 4.41. The number of aliphatic hydroxyl groups excluding tert-OH is 1. The zero-order valence-electron chi connectivity index (χ0n) is 13.1. The molecule has 1 aromatic carbocycles. The molecule has 2 N–H and O–H groups in total. The average Bonchev–Trinajstić information content (AvgIpc) is 3.10. The Kier molecular flexibility index (Phi) is 5.43. The molecule has 122 valence electrons. The van der Waals surface area contributed by atoms with Crippen LogP contribution in [-0.4, -0.2) is 35.6 Å². The van der Waals surface area contributed by atoms with Crippen molar-refractivity contribution in [1.82, 2.24) is 4.90 Å². The van der Waals surface area contributed by atoms with Crippen LogP contribution in [0.5, 0.6) is 0 Å². The molecule has 0 bridgehead atoms. The highest BCUT2D eigenvalue weighted by molar-refractivity contribution is 7.08. The summed E-state index contributed by atoms with van der Waals surface area (Å²) in [6.45, 7) is 3.24. The van der Waals surface area contributed by atoms with Crippen molar-refractivity contribution in [3.05, 3.63) is 52.2 Å². The van der Waals surface area contributed by atoms with Gasteiger partial charge in [-0.15, -0.1) is 0 Å². The van der Waals surface area contributed by atoms with Gasteiger partial charge in [0.25, 0.3) is 5.91 Å². The molecule has 1 aromatic heterocycles. The number of anilines is 1. The van der Waals surface area contributed by atoms with Crippen molar-refractivity contribution in [2.24, 2.45) is 5.92 Å². The molecule has 1 amide bonds. The van der Waals surface area contributed by atoms with Crippen molar-refractivity contribution in [3.8, 4) is 0 Å². The molecule has 0 saturated carbocycles. The molecule has 1 aliphatic rings. The number of nitrogens with zero attached hydrogens (tertiary/aromatic N) is 1. The molecule has 5 heteroatoms. The van der Waals surface area contributed by atoms with Crippen LogP contribution in [0.4, 0.5) is 5.69 Å². The Balaban J connectivity index is 1.58. The summed E-state index contributed by atoms with van der Waals surface area (Å²) in [7, 11) is 0. The summed E-state index contributed by atoms with van der Waals surface area (Å²) in [6, 6.07) is 9.88. The minimum absolute atomic E-state index is 0.0628. The van der Waals surface area contributed by atoms with Crippen LogP contribution in [0.1, 0.15) is 28.8 Å². The van der Waals surface area contributed by atoms with Gasteiger partial charge in [0.2, 0.25) is 0 Å². The molecule has 1 saturated heterocycles. The lowest BCUT2D eigenvalue weighted by Gasteiger charge is -2.31. The summed E-state index contributed by atoms with van der Waals surface area (Å²) in [5.41, 5.74) is 2.74. The lowest BCUT2D eigenvalue weighted by molar-refractivity contribution is 0.102. The highest BCUT2D eigenvalue weighted by Gasteiger charge is 2.18. The predicted octanol–water partition coefficient (Wildman–Crippen LogP) is 3.20. The number of benzene rings is 1. The van der Waals surface area contributed by atoms with Gasteiger partial charge in [-0.25, -0.2) is 0 Å². The topological polar surface area (TPSA) is 52.6 Å². The number of amides is 1. The summed E-state index contributed by atoms with van der Waals surface area (Å²) < 4.78 is 0. The number of hydrogen-bond acceptors (Lipinski definition) is 4. The molecule has 0 unspecified atom stereocenters. The van der Waals surface area contributed by atoms with Gasteiger partial charge in [0, 0.05) is 24.2 Å². The van der Waals surface area contributed by atoms with E-state index in [4.69, 9.17) is 0 Å². The fraction of sp³-hybridized carbons (Fsp3) is 0.389. The Morgan fingerprint density at radius 3 is 2.83 bits per heavy atom. The number of carbonyl (C=O) groups excluding carboxylic acids is 1. The van der Waals surface area contributed by atoms with Gasteiger partial charge in [0.05, 0.1) is 5.56 Å². The standard InChI is InChI=1S/C18H22N2O2S/c21-12-14-4-7-20(8-5-14)11-15-2-1-3-17(10-15)19-18(22)16-6-9-23-13-16/h1-3,6,9-10,13-14,21H,4-5,7-8,11-12H2,(H,19,22). The van der Waals surface area contributed by atoms with Crippen LogP contribution < -0.4 is 5.32 Å². The van der Waals surface area contributed by atoms with Gasteiger partial charge in [-0.05, 0) is 61.0 Å². The lowest BCUT2D eigenvalue weighted by Crippen LogP contribution is -2.34. The van der Waals surface area contributed by atoms with Crippen LogP contribution >= 0.6 is 11.3 Å². The van der Waals surface area contributed by atoms with E-state index >= 15 is 0 Å². The van der Waals surface area contributed by atoms with Crippen molar-refractivity contribution in [3.63, 3.8) is 0 Å². The molecule has 0 aliphatic carbocycles. The molecular formula is C18H22N2O2S. The van der Waals surface area contributed by atoms with Gasteiger partial charge < -0.3 is 10.4 Å². The van der Waals surface area contributed by atoms with E-state index in [9.17, 15) is 9.90 Å². The molecule has 4 nitrogen and oxygen atoms in total. The molecular weight excluding hydrogens is 308 g/mol. The fourth-order valence-corrected chi connectivity index (χ4v) is 3.57. The number of likely N-dealkylation sites (tertiary alicyclic amines) is 1. The first-order valence-electron chi connectivity index (χ1n) is 8.00. The number of piperidine rings is 1. The van der Waals surface area contributed by atoms with Crippen molar-refractivity contribution in [1.29, 1.82) is 0 Å². The first kappa shape index (κ1) is 16.2. The third-order valence-electron chi connectivity index (χ3n) is 4.34. The van der Waals surface area contributed by atoms with Crippen LogP contribution in [0.3, 0.4) is 0 Å². The number of thiophene rings is 1. The molecule has 3 rings (SSSR count). The van der Waals surface area contributed by atoms with Gasteiger partial charge in [0.15, 0.2) is 0 Å². The molecule has 0 spiro atoms. The lowest BCUT2D eigenvalue weighted by atomic mass is 9.97. The monoisotopic (exact) mass is 330 g/mol. The maximum Gasteiger partial charge on any atom is 0.256 e. The Labute approximate surface area is 140 Å². The van der Waals surface area contributed by atoms with Gasteiger partial charge in [-0.2, -0.15) is 11.3 Å². The van der Waals surface area contributed by atoms with Crippen LogP contribution in [-0.2, 0) is 6.54 Å². The van der Waals surface area contributed by atoms with E-state index in [0.29, 0.717) is 18.1 Å². The maximum atomic E-state index is 12.1. The van der Waals surface area contributed by atoms with Crippen molar-refractivity contribution >= 4 is 22.9 Å². The second kappa shape index (κ2) is 7.73. The van der Waals surface area contributed by atoms with E-state index in [1.165, 1.54) is 16.9 Å². The number of rotatable bonds is 5. The second-order valence-electron chi connectivity index (χ2n) is 6.07. The summed E-state index contributed by atoms with van der Waals surface area (Å²) in [5.74, 6) is 0.398. The number of hydrogen-bond donors (Lipinski definition) is 2. The van der Waals surface area contributed by atoms with E-state index in [1.54, 1.807) is 0 Å². The smallest absolute Gasteiger partial charge is 0.256 e. The van der Waals surface area contributed by atoms with Crippen LogP contribution in [0, 0.1) is 5.92 Å². The predicted molar refractivity (Wildman–Crippen MR) is 93.8 cm³/mol. The zero-order chi connectivity index (χ0) is 16.1. The van der Waals surface area contributed by atoms with E-state index in [0.717, 1.165) is 38.2 Å². The van der Waals surface area contributed by atoms with Gasteiger partial charge in [-0.1, -0.05) is 12.1 Å². The molecule has 2 heterocycles. The largest absolute Gasteiger partial charge is 0.396 e. The van der Waals surface area contributed by atoms with Crippen LogP contribution in [0.2, 0.25) is 0 Å². The van der Waals surface area contributed by atoms with Crippen LogP contribution in [0.25, 0.3) is 0 Å². The Bertz CT molecular complexity index is 634. The number of aliphatic hydroxyl groups is 1. The first-order valence-corrected chi connectivity index (χ1v) is 8.94. The highest BCUT2D eigenvalue weighted by atomic mass is 32.1. The van der Waals surface area contributed by atoms with Crippen LogP contribution in [0.15, 0.2) is 41.1 Å². The summed E-state index contributed by atoms with van der Waals surface area (Å²) in [4.78, 5) is 14.5. The van der Waals surface area contributed by atoms with E-state index in [2.05, 4.69) is 16.3 Å². The first-order chi connectivity index (χ1) is 11.2. The Morgan fingerprint density at radius 2 is 2.13 bits per heavy atom. The normalized spacial score (nSPS) is 16.4. The molecule has 1 fully saturated rings. The quantitative estimate of drug-likeness (QED) is 0.885. The summed E-state index contributed by atoms with van der Waals surface area (Å²) in [6.07, 6.45) is 2.12. The average molecular weight is 330 g/mol. The minimum Gasteiger partial charge on any atom is -0.396 e.